The Bertz CT molecular complexity index is 499. The number of hydrogen-bond acceptors (Lipinski definition) is 2. The highest BCUT2D eigenvalue weighted by Crippen LogP contribution is 2.11. The minimum absolute atomic E-state index is 0.618. The third-order valence-corrected chi connectivity index (χ3v) is 3.12. The van der Waals surface area contributed by atoms with Crippen molar-refractivity contribution in [1.82, 2.24) is 0 Å². The van der Waals surface area contributed by atoms with E-state index in [0.717, 1.165) is 37.3 Å². The lowest BCUT2D eigenvalue weighted by atomic mass is 10.1. The first kappa shape index (κ1) is 19.9. The van der Waals surface area contributed by atoms with Gasteiger partial charge in [0.25, 0.3) is 0 Å². The molecule has 122 valence electrons. The van der Waals surface area contributed by atoms with Gasteiger partial charge in [-0.25, -0.2) is 9.59 Å². The third-order valence-electron chi connectivity index (χ3n) is 3.12. The van der Waals surface area contributed by atoms with E-state index >= 15 is 0 Å². The maximum absolute atomic E-state index is 10.7. The highest BCUT2D eigenvalue weighted by atomic mass is 16.4. The SMILES string of the molecule is CC(C)=CCC/C(C)=C/CC/C(C)=C/C=C(C(=O)O)C(=O)O. The zero-order chi connectivity index (χ0) is 17.1. The summed E-state index contributed by atoms with van der Waals surface area (Å²) in [6.45, 7) is 8.14. The molecule has 0 heterocycles. The first-order valence-corrected chi connectivity index (χ1v) is 7.37. The Morgan fingerprint density at radius 3 is 1.77 bits per heavy atom. The third kappa shape index (κ3) is 9.75. The molecule has 0 aliphatic heterocycles. The summed E-state index contributed by atoms with van der Waals surface area (Å²) in [7, 11) is 0. The molecular formula is C18H26O4. The van der Waals surface area contributed by atoms with E-state index in [4.69, 9.17) is 10.2 Å². The van der Waals surface area contributed by atoms with Gasteiger partial charge in [-0.05, 0) is 59.5 Å². The van der Waals surface area contributed by atoms with E-state index < -0.39 is 17.5 Å². The predicted molar refractivity (Wildman–Crippen MR) is 88.8 cm³/mol. The zero-order valence-corrected chi connectivity index (χ0v) is 13.8. The summed E-state index contributed by atoms with van der Waals surface area (Å²) in [5, 5.41) is 17.5. The smallest absolute Gasteiger partial charge is 0.343 e. The van der Waals surface area contributed by atoms with Gasteiger partial charge in [0.15, 0.2) is 0 Å². The number of hydrogen-bond donors (Lipinski definition) is 2. The molecule has 2 N–H and O–H groups in total. The Labute approximate surface area is 132 Å². The molecule has 0 aromatic carbocycles. The second-order valence-electron chi connectivity index (χ2n) is 5.61. The molecule has 0 spiro atoms. The van der Waals surface area contributed by atoms with Crippen LogP contribution in [0.1, 0.15) is 53.4 Å². The van der Waals surface area contributed by atoms with Gasteiger partial charge in [-0.3, -0.25) is 0 Å². The summed E-state index contributed by atoms with van der Waals surface area (Å²) in [6.07, 6.45) is 10.8. The highest BCUT2D eigenvalue weighted by molar-refractivity contribution is 6.12. The quantitative estimate of drug-likeness (QED) is 0.216. The van der Waals surface area contributed by atoms with Crippen molar-refractivity contribution in [3.05, 3.63) is 46.6 Å². The van der Waals surface area contributed by atoms with Gasteiger partial charge in [-0.2, -0.15) is 0 Å². The molecule has 4 nitrogen and oxygen atoms in total. The molecule has 0 amide bonds. The fraction of sp³-hybridized carbons (Fsp3) is 0.444. The van der Waals surface area contributed by atoms with Crippen LogP contribution in [0.3, 0.4) is 0 Å². The van der Waals surface area contributed by atoms with Gasteiger partial charge in [0.1, 0.15) is 5.57 Å². The van der Waals surface area contributed by atoms with Crippen LogP contribution >= 0.6 is 0 Å². The van der Waals surface area contributed by atoms with Crippen LogP contribution in [-0.4, -0.2) is 22.2 Å². The van der Waals surface area contributed by atoms with Crippen LogP contribution in [0, 0.1) is 0 Å². The summed E-state index contributed by atoms with van der Waals surface area (Å²) in [5.41, 5.74) is 2.99. The Morgan fingerprint density at radius 1 is 0.773 bits per heavy atom. The van der Waals surface area contributed by atoms with Crippen LogP contribution in [0.15, 0.2) is 46.6 Å². The van der Waals surface area contributed by atoms with Crippen LogP contribution in [0.5, 0.6) is 0 Å². The van der Waals surface area contributed by atoms with Crippen LogP contribution in [0.25, 0.3) is 0 Å². The normalized spacial score (nSPS) is 11.8. The largest absolute Gasteiger partial charge is 0.477 e. The second-order valence-corrected chi connectivity index (χ2v) is 5.61. The lowest BCUT2D eigenvalue weighted by molar-refractivity contribution is -0.140. The summed E-state index contributed by atoms with van der Waals surface area (Å²) >= 11 is 0. The number of carbonyl (C=O) groups is 2. The summed E-state index contributed by atoms with van der Waals surface area (Å²) in [5.74, 6) is -2.85. The number of aliphatic carboxylic acids is 2. The van der Waals surface area contributed by atoms with E-state index in [1.54, 1.807) is 6.08 Å². The van der Waals surface area contributed by atoms with Gasteiger partial charge in [-0.1, -0.05) is 34.9 Å². The molecule has 0 unspecified atom stereocenters. The van der Waals surface area contributed by atoms with Crippen LogP contribution in [-0.2, 0) is 9.59 Å². The average molecular weight is 306 g/mol. The van der Waals surface area contributed by atoms with Gasteiger partial charge in [0.2, 0.25) is 0 Å². The minimum atomic E-state index is -1.42. The molecule has 22 heavy (non-hydrogen) atoms. The predicted octanol–water partition coefficient (Wildman–Crippen LogP) is 4.50. The molecule has 0 aliphatic carbocycles. The molecule has 0 aromatic rings. The molecule has 0 saturated heterocycles. The molecule has 0 radical (unpaired) electrons. The first-order valence-electron chi connectivity index (χ1n) is 7.37. The summed E-state index contributed by atoms with van der Waals surface area (Å²) in [6, 6.07) is 0. The van der Waals surface area contributed by atoms with Crippen molar-refractivity contribution in [3.63, 3.8) is 0 Å². The van der Waals surface area contributed by atoms with Crippen molar-refractivity contribution in [2.24, 2.45) is 0 Å². The lowest BCUT2D eigenvalue weighted by Gasteiger charge is -2.01. The summed E-state index contributed by atoms with van der Waals surface area (Å²) < 4.78 is 0. The van der Waals surface area contributed by atoms with E-state index in [-0.39, 0.29) is 0 Å². The number of rotatable bonds is 9. The molecule has 0 bridgehead atoms. The lowest BCUT2D eigenvalue weighted by Crippen LogP contribution is -2.10. The number of allylic oxidation sites excluding steroid dienone is 7. The highest BCUT2D eigenvalue weighted by Gasteiger charge is 2.14. The molecule has 4 heteroatoms. The fourth-order valence-electron chi connectivity index (χ4n) is 1.78. The van der Waals surface area contributed by atoms with Crippen LogP contribution < -0.4 is 0 Å². The van der Waals surface area contributed by atoms with E-state index in [9.17, 15) is 9.59 Å². The maximum atomic E-state index is 10.7. The Balaban J connectivity index is 4.43. The van der Waals surface area contributed by atoms with Crippen molar-refractivity contribution in [2.45, 2.75) is 53.4 Å². The monoisotopic (exact) mass is 306 g/mol. The summed E-state index contributed by atoms with van der Waals surface area (Å²) in [4.78, 5) is 21.4. The fourth-order valence-corrected chi connectivity index (χ4v) is 1.78. The van der Waals surface area contributed by atoms with Crippen LogP contribution in [0.4, 0.5) is 0 Å². The van der Waals surface area contributed by atoms with Gasteiger partial charge >= 0.3 is 11.9 Å². The maximum Gasteiger partial charge on any atom is 0.343 e. The van der Waals surface area contributed by atoms with Gasteiger partial charge in [0, 0.05) is 0 Å². The molecule has 0 rings (SSSR count). The van der Waals surface area contributed by atoms with E-state index in [0.29, 0.717) is 0 Å². The van der Waals surface area contributed by atoms with Crippen molar-refractivity contribution < 1.29 is 19.8 Å². The molecule has 0 fully saturated rings. The molecule has 0 saturated carbocycles. The van der Waals surface area contributed by atoms with Gasteiger partial charge in [0.05, 0.1) is 0 Å². The molecule has 0 atom stereocenters. The van der Waals surface area contributed by atoms with E-state index in [2.05, 4.69) is 32.9 Å². The average Bonchev–Trinajstić information content (AvgIpc) is 2.37. The van der Waals surface area contributed by atoms with Crippen LogP contribution in [0.2, 0.25) is 0 Å². The van der Waals surface area contributed by atoms with Crippen molar-refractivity contribution in [3.8, 4) is 0 Å². The van der Waals surface area contributed by atoms with E-state index in [1.807, 2.05) is 6.92 Å². The zero-order valence-electron chi connectivity index (χ0n) is 13.8. The standard InChI is InChI=1S/C18H26O4/c1-13(2)7-5-8-14(3)9-6-10-15(4)11-12-16(17(19)20)18(21)22/h7,9,11-12H,5-6,8,10H2,1-4H3,(H,19,20)(H,21,22)/b14-9+,15-11+. The Morgan fingerprint density at radius 2 is 1.27 bits per heavy atom. The molecular weight excluding hydrogens is 280 g/mol. The second kappa shape index (κ2) is 10.6. The number of carboxylic acids is 2. The number of carboxylic acid groups (broad SMARTS) is 2. The van der Waals surface area contributed by atoms with Gasteiger partial charge < -0.3 is 10.2 Å². The minimum Gasteiger partial charge on any atom is -0.477 e. The van der Waals surface area contributed by atoms with Crippen molar-refractivity contribution >= 4 is 11.9 Å². The van der Waals surface area contributed by atoms with Gasteiger partial charge in [-0.15, -0.1) is 0 Å². The Hall–Kier alpha value is -2.10. The molecule has 0 aliphatic rings. The topological polar surface area (TPSA) is 74.6 Å². The Kier molecular flexibility index (Phi) is 9.59. The first-order chi connectivity index (χ1) is 10.2. The van der Waals surface area contributed by atoms with E-state index in [1.165, 1.54) is 11.1 Å². The van der Waals surface area contributed by atoms with Crippen molar-refractivity contribution in [2.75, 3.05) is 0 Å². The van der Waals surface area contributed by atoms with Crippen molar-refractivity contribution in [1.29, 1.82) is 0 Å². The molecule has 0 aromatic heterocycles.